The molecule has 1 aromatic rings. The Balaban J connectivity index is 0.000000344. The molecule has 110 valence electrons. The van der Waals surface area contributed by atoms with Crippen LogP contribution in [0, 0.1) is 11.8 Å². The zero-order valence-electron chi connectivity index (χ0n) is 12.8. The van der Waals surface area contributed by atoms with Crippen LogP contribution in [0.5, 0.6) is 5.75 Å². The summed E-state index contributed by atoms with van der Waals surface area (Å²) in [6.45, 7) is 9.31. The van der Waals surface area contributed by atoms with Gasteiger partial charge < -0.3 is 5.11 Å². The van der Waals surface area contributed by atoms with Gasteiger partial charge in [0.05, 0.1) is 0 Å². The average molecular weight is 301 g/mol. The normalized spacial score (nSPS) is 10.5. The molecule has 0 aliphatic carbocycles. The van der Waals surface area contributed by atoms with Gasteiger partial charge in [0.2, 0.25) is 0 Å². The number of benzene rings is 1. The number of halogens is 1. The van der Waals surface area contributed by atoms with E-state index in [0.29, 0.717) is 21.1 Å². The first-order chi connectivity index (χ1) is 8.95. The molecule has 0 saturated carbocycles. The first-order valence-electron chi connectivity index (χ1n) is 7.29. The molecule has 0 atom stereocenters. The van der Waals surface area contributed by atoms with E-state index in [4.69, 9.17) is 16.7 Å². The van der Waals surface area contributed by atoms with Crippen molar-refractivity contribution < 1.29 is 5.11 Å². The number of phenols is 1. The number of aryl methyl sites for hydroxylation is 1. The third kappa shape index (κ3) is 12.3. The molecule has 0 heterocycles. The van der Waals surface area contributed by atoms with Gasteiger partial charge in [0.15, 0.2) is 0 Å². The van der Waals surface area contributed by atoms with E-state index in [1.54, 1.807) is 12.1 Å². The summed E-state index contributed by atoms with van der Waals surface area (Å²) in [7, 11) is 0.316. The summed E-state index contributed by atoms with van der Waals surface area (Å²) in [4.78, 5) is 0. The highest BCUT2D eigenvalue weighted by Crippen LogP contribution is 2.10. The first kappa shape index (κ1) is 18.5. The molecule has 1 aromatic carbocycles. The van der Waals surface area contributed by atoms with Gasteiger partial charge in [-0.3, -0.25) is 0 Å². The van der Waals surface area contributed by atoms with Crippen LogP contribution in [0.3, 0.4) is 0 Å². The Morgan fingerprint density at radius 3 is 1.84 bits per heavy atom. The highest BCUT2D eigenvalue weighted by atomic mass is 35.5. The van der Waals surface area contributed by atoms with Crippen LogP contribution >= 0.6 is 11.6 Å². The fraction of sp³-hybridized carbons (Fsp3) is 0.625. The smallest absolute Gasteiger partial charge is 0.115 e. The third-order valence-corrected chi connectivity index (χ3v) is 6.20. The van der Waals surface area contributed by atoms with Gasteiger partial charge in [0.25, 0.3) is 0 Å². The minimum absolute atomic E-state index is 0.304. The standard InChI is InChI=1S/C8H9ClO.C8H20Si/c9-6-5-7-1-3-8(10)4-2-7;1-7(2)5-9-6-8(3)4/h1-4,10H,5-6H2;7-8H,5-6,9H2,1-4H3. The van der Waals surface area contributed by atoms with Crippen LogP contribution < -0.4 is 0 Å². The molecule has 0 saturated heterocycles. The molecule has 0 spiro atoms. The second kappa shape index (κ2) is 11.4. The number of hydrogen-bond acceptors (Lipinski definition) is 1. The Morgan fingerprint density at radius 2 is 1.47 bits per heavy atom. The Kier molecular flexibility index (Phi) is 11.1. The zero-order valence-corrected chi connectivity index (χ0v) is 15.0. The van der Waals surface area contributed by atoms with E-state index in [0.717, 1.165) is 23.8 Å². The van der Waals surface area contributed by atoms with E-state index in [-0.39, 0.29) is 0 Å². The van der Waals surface area contributed by atoms with Crippen LogP contribution in [0.1, 0.15) is 33.3 Å². The first-order valence-corrected chi connectivity index (χ1v) is 9.83. The predicted molar refractivity (Wildman–Crippen MR) is 90.4 cm³/mol. The fourth-order valence-electron chi connectivity index (χ4n) is 1.71. The summed E-state index contributed by atoms with van der Waals surface area (Å²) in [5.74, 6) is 2.84. The second-order valence-electron chi connectivity index (χ2n) is 5.82. The molecular formula is C16H29ClOSi. The minimum Gasteiger partial charge on any atom is -0.508 e. The maximum atomic E-state index is 8.89. The molecule has 0 bridgehead atoms. The molecule has 19 heavy (non-hydrogen) atoms. The van der Waals surface area contributed by atoms with Crippen LogP contribution in [-0.4, -0.2) is 20.5 Å². The van der Waals surface area contributed by atoms with Crippen molar-refractivity contribution >= 4 is 21.1 Å². The number of hydrogen-bond donors (Lipinski definition) is 1. The number of aromatic hydroxyl groups is 1. The summed E-state index contributed by atoms with van der Waals surface area (Å²) in [6.07, 6.45) is 0.863. The van der Waals surface area contributed by atoms with Crippen LogP contribution in [0.4, 0.5) is 0 Å². The zero-order chi connectivity index (χ0) is 14.7. The molecule has 1 rings (SSSR count). The molecule has 0 aliphatic rings. The van der Waals surface area contributed by atoms with Crippen molar-refractivity contribution in [1.29, 1.82) is 0 Å². The molecule has 0 amide bonds. The lowest BCUT2D eigenvalue weighted by atomic mass is 10.2. The van der Waals surface area contributed by atoms with Gasteiger partial charge in [-0.15, -0.1) is 11.6 Å². The van der Waals surface area contributed by atoms with Crippen molar-refractivity contribution in [2.45, 2.75) is 46.2 Å². The number of alkyl halides is 1. The lowest BCUT2D eigenvalue weighted by Crippen LogP contribution is -1.99. The largest absolute Gasteiger partial charge is 0.508 e. The van der Waals surface area contributed by atoms with Crippen molar-refractivity contribution in [2.24, 2.45) is 11.8 Å². The molecular weight excluding hydrogens is 272 g/mol. The van der Waals surface area contributed by atoms with Gasteiger partial charge >= 0.3 is 0 Å². The second-order valence-corrected chi connectivity index (χ2v) is 8.06. The maximum absolute atomic E-state index is 8.89. The average Bonchev–Trinajstić information content (AvgIpc) is 2.32. The van der Waals surface area contributed by atoms with E-state index < -0.39 is 0 Å². The van der Waals surface area contributed by atoms with Crippen LogP contribution in [0.15, 0.2) is 24.3 Å². The number of phenolic OH excluding ortho intramolecular Hbond substituents is 1. The fourth-order valence-corrected chi connectivity index (χ4v) is 3.79. The van der Waals surface area contributed by atoms with Gasteiger partial charge in [-0.05, 0) is 24.1 Å². The Hall–Kier alpha value is -0.473. The van der Waals surface area contributed by atoms with E-state index >= 15 is 0 Å². The van der Waals surface area contributed by atoms with Crippen molar-refractivity contribution in [3.05, 3.63) is 29.8 Å². The molecule has 0 aliphatic heterocycles. The molecule has 3 heteroatoms. The van der Waals surface area contributed by atoms with E-state index in [2.05, 4.69) is 27.7 Å². The molecule has 1 N–H and O–H groups in total. The predicted octanol–water partition coefficient (Wildman–Crippen LogP) is 4.48. The highest BCUT2D eigenvalue weighted by Gasteiger charge is 1.96. The van der Waals surface area contributed by atoms with Crippen molar-refractivity contribution in [1.82, 2.24) is 0 Å². The van der Waals surface area contributed by atoms with Crippen molar-refractivity contribution in [3.63, 3.8) is 0 Å². The maximum Gasteiger partial charge on any atom is 0.115 e. The van der Waals surface area contributed by atoms with E-state index in [1.807, 2.05) is 12.1 Å². The quantitative estimate of drug-likeness (QED) is 0.607. The Bertz CT molecular complexity index is 301. The SMILES string of the molecule is CC(C)C[SiH2]CC(C)C.Oc1ccc(CCCl)cc1. The molecule has 0 unspecified atom stereocenters. The van der Waals surface area contributed by atoms with Gasteiger partial charge in [-0.2, -0.15) is 0 Å². The van der Waals surface area contributed by atoms with Gasteiger partial charge in [0.1, 0.15) is 5.75 Å². The van der Waals surface area contributed by atoms with Crippen LogP contribution in [0.25, 0.3) is 0 Å². The summed E-state index contributed by atoms with van der Waals surface area (Å²) >= 11 is 5.51. The van der Waals surface area contributed by atoms with E-state index in [9.17, 15) is 0 Å². The Morgan fingerprint density at radius 1 is 1.00 bits per heavy atom. The molecule has 0 aromatic heterocycles. The summed E-state index contributed by atoms with van der Waals surface area (Å²) in [6, 6.07) is 10.2. The Labute approximate surface area is 126 Å². The highest BCUT2D eigenvalue weighted by molar-refractivity contribution is 6.35. The van der Waals surface area contributed by atoms with Gasteiger partial charge in [-0.1, -0.05) is 63.8 Å². The number of rotatable bonds is 6. The molecule has 0 fully saturated rings. The molecule has 0 radical (unpaired) electrons. The minimum atomic E-state index is 0.304. The molecule has 1 nitrogen and oxygen atoms in total. The van der Waals surface area contributed by atoms with Crippen molar-refractivity contribution in [2.75, 3.05) is 5.88 Å². The summed E-state index contributed by atoms with van der Waals surface area (Å²) in [5.41, 5.74) is 1.16. The van der Waals surface area contributed by atoms with Crippen molar-refractivity contribution in [3.8, 4) is 5.75 Å². The monoisotopic (exact) mass is 300 g/mol. The van der Waals surface area contributed by atoms with E-state index in [1.165, 1.54) is 12.1 Å². The van der Waals surface area contributed by atoms with Crippen LogP contribution in [0.2, 0.25) is 12.1 Å². The van der Waals surface area contributed by atoms with Crippen LogP contribution in [-0.2, 0) is 6.42 Å². The van der Waals surface area contributed by atoms with Gasteiger partial charge in [0, 0.05) is 15.4 Å². The van der Waals surface area contributed by atoms with Gasteiger partial charge in [-0.25, -0.2) is 0 Å². The lowest BCUT2D eigenvalue weighted by Gasteiger charge is -2.04. The third-order valence-electron chi connectivity index (χ3n) is 2.88. The summed E-state index contributed by atoms with van der Waals surface area (Å²) < 4.78 is 0. The topological polar surface area (TPSA) is 20.2 Å². The summed E-state index contributed by atoms with van der Waals surface area (Å²) in [5, 5.41) is 8.89. The lowest BCUT2D eigenvalue weighted by molar-refractivity contribution is 0.475.